The summed E-state index contributed by atoms with van der Waals surface area (Å²) in [4.78, 5) is 51.7. The monoisotopic (exact) mass is 493 g/mol. The van der Waals surface area contributed by atoms with E-state index in [1.54, 1.807) is 42.8 Å². The van der Waals surface area contributed by atoms with Crippen LogP contribution in [0.4, 0.5) is 11.4 Å². The first-order valence-electron chi connectivity index (χ1n) is 10.9. The molecule has 35 heavy (non-hydrogen) atoms. The van der Waals surface area contributed by atoms with Gasteiger partial charge in [0, 0.05) is 12.7 Å². The summed E-state index contributed by atoms with van der Waals surface area (Å²) < 4.78 is 5.14. The van der Waals surface area contributed by atoms with E-state index in [0.29, 0.717) is 16.3 Å². The molecule has 0 fully saturated rings. The van der Waals surface area contributed by atoms with Crippen LogP contribution in [0.25, 0.3) is 0 Å². The fourth-order valence-electron chi connectivity index (χ4n) is 3.61. The molecule has 0 atom stereocenters. The van der Waals surface area contributed by atoms with Gasteiger partial charge in [0.1, 0.15) is 0 Å². The zero-order chi connectivity index (χ0) is 25.5. The van der Waals surface area contributed by atoms with Gasteiger partial charge in [0.15, 0.2) is 6.61 Å². The van der Waals surface area contributed by atoms with Crippen LogP contribution in [0.1, 0.15) is 36.7 Å². The number of carbonyl (C=O) groups excluding carboxylic acids is 4. The van der Waals surface area contributed by atoms with E-state index in [-0.39, 0.29) is 18.0 Å². The summed E-state index contributed by atoms with van der Waals surface area (Å²) in [6.45, 7) is 4.95. The van der Waals surface area contributed by atoms with E-state index in [4.69, 9.17) is 4.74 Å². The van der Waals surface area contributed by atoms with Gasteiger partial charge in [0.05, 0.1) is 22.7 Å². The SMILES string of the molecule is Cc1cc(C)c(NC(=O)CNC(=O)COC(=O)c2ccccc2N(C)C(=O)c2cccs2)c(C)c1. The Morgan fingerprint density at radius 3 is 2.29 bits per heavy atom. The van der Waals surface area contributed by atoms with Gasteiger partial charge in [-0.1, -0.05) is 35.9 Å². The number of thiophene rings is 1. The lowest BCUT2D eigenvalue weighted by molar-refractivity contribution is -0.126. The third-order valence-electron chi connectivity index (χ3n) is 5.24. The Morgan fingerprint density at radius 1 is 0.943 bits per heavy atom. The number of ether oxygens (including phenoxy) is 1. The Balaban J connectivity index is 1.54. The van der Waals surface area contributed by atoms with Gasteiger partial charge < -0.3 is 20.3 Å². The maximum absolute atomic E-state index is 12.7. The van der Waals surface area contributed by atoms with Crippen LogP contribution in [0.5, 0.6) is 0 Å². The normalized spacial score (nSPS) is 10.4. The summed E-state index contributed by atoms with van der Waals surface area (Å²) in [6, 6.07) is 13.9. The number of nitrogens with one attached hydrogen (secondary N) is 2. The first-order chi connectivity index (χ1) is 16.7. The molecule has 0 radical (unpaired) electrons. The van der Waals surface area contributed by atoms with E-state index in [1.165, 1.54) is 22.3 Å². The van der Waals surface area contributed by atoms with Crippen molar-refractivity contribution in [2.45, 2.75) is 20.8 Å². The highest BCUT2D eigenvalue weighted by molar-refractivity contribution is 7.12. The molecular formula is C26H27N3O5S. The lowest BCUT2D eigenvalue weighted by Crippen LogP contribution is -2.36. The zero-order valence-corrected chi connectivity index (χ0v) is 20.8. The van der Waals surface area contributed by atoms with Crippen molar-refractivity contribution in [2.75, 3.05) is 30.4 Å². The Labute approximate surface area is 207 Å². The van der Waals surface area contributed by atoms with Crippen LogP contribution in [-0.2, 0) is 14.3 Å². The third kappa shape index (κ3) is 6.54. The van der Waals surface area contributed by atoms with E-state index < -0.39 is 24.4 Å². The van der Waals surface area contributed by atoms with Crippen molar-refractivity contribution in [3.8, 4) is 0 Å². The number of benzene rings is 2. The number of hydrogen-bond acceptors (Lipinski definition) is 6. The van der Waals surface area contributed by atoms with E-state index in [1.807, 2.05) is 32.9 Å². The maximum atomic E-state index is 12.7. The Morgan fingerprint density at radius 2 is 1.63 bits per heavy atom. The average molecular weight is 494 g/mol. The zero-order valence-electron chi connectivity index (χ0n) is 20.0. The van der Waals surface area contributed by atoms with Gasteiger partial charge in [-0.2, -0.15) is 0 Å². The number of hydrogen-bond donors (Lipinski definition) is 2. The molecule has 8 nitrogen and oxygen atoms in total. The highest BCUT2D eigenvalue weighted by Crippen LogP contribution is 2.24. The smallest absolute Gasteiger partial charge is 0.340 e. The minimum atomic E-state index is -0.753. The molecule has 0 aliphatic carbocycles. The van der Waals surface area contributed by atoms with Crippen LogP contribution in [0.3, 0.4) is 0 Å². The molecule has 3 rings (SSSR count). The molecule has 0 spiro atoms. The van der Waals surface area contributed by atoms with Crippen molar-refractivity contribution in [1.29, 1.82) is 0 Å². The molecule has 182 valence electrons. The first-order valence-corrected chi connectivity index (χ1v) is 11.8. The topological polar surface area (TPSA) is 105 Å². The standard InChI is InChI=1S/C26H27N3O5S/c1-16-12-17(2)24(18(3)13-16)28-22(30)14-27-23(31)15-34-26(33)19-8-5-6-9-20(19)29(4)25(32)21-10-7-11-35-21/h5-13H,14-15H2,1-4H3,(H,27,31)(H,28,30). The molecule has 1 aromatic heterocycles. The van der Waals surface area contributed by atoms with Gasteiger partial charge in [-0.25, -0.2) is 4.79 Å². The molecule has 3 amide bonds. The van der Waals surface area contributed by atoms with E-state index in [2.05, 4.69) is 10.6 Å². The van der Waals surface area contributed by atoms with Crippen molar-refractivity contribution in [2.24, 2.45) is 0 Å². The minimum Gasteiger partial charge on any atom is -0.452 e. The Bertz CT molecular complexity index is 1230. The summed E-state index contributed by atoms with van der Waals surface area (Å²) in [5.41, 5.74) is 4.17. The summed E-state index contributed by atoms with van der Waals surface area (Å²) >= 11 is 1.30. The Hall–Kier alpha value is -3.98. The molecular weight excluding hydrogens is 466 g/mol. The quantitative estimate of drug-likeness (QED) is 0.464. The largest absolute Gasteiger partial charge is 0.452 e. The molecule has 0 saturated heterocycles. The molecule has 9 heteroatoms. The fourth-order valence-corrected chi connectivity index (χ4v) is 4.31. The molecule has 0 aliphatic heterocycles. The van der Waals surface area contributed by atoms with Crippen molar-refractivity contribution >= 4 is 46.4 Å². The van der Waals surface area contributed by atoms with Crippen molar-refractivity contribution in [3.05, 3.63) is 81.0 Å². The van der Waals surface area contributed by atoms with Gasteiger partial charge in [0.2, 0.25) is 5.91 Å². The number of nitrogens with zero attached hydrogens (tertiary/aromatic N) is 1. The highest BCUT2D eigenvalue weighted by Gasteiger charge is 2.21. The predicted octanol–water partition coefficient (Wildman–Crippen LogP) is 3.86. The lowest BCUT2D eigenvalue weighted by Gasteiger charge is -2.19. The van der Waals surface area contributed by atoms with Crippen LogP contribution < -0.4 is 15.5 Å². The second-order valence-corrected chi connectivity index (χ2v) is 8.98. The summed E-state index contributed by atoms with van der Waals surface area (Å²) in [7, 11) is 1.57. The van der Waals surface area contributed by atoms with Crippen molar-refractivity contribution in [3.63, 3.8) is 0 Å². The molecule has 0 aliphatic rings. The number of rotatable bonds is 8. The van der Waals surface area contributed by atoms with E-state index in [0.717, 1.165) is 16.7 Å². The first kappa shape index (κ1) is 25.6. The maximum Gasteiger partial charge on any atom is 0.340 e. The second kappa shape index (κ2) is 11.4. The van der Waals surface area contributed by atoms with Gasteiger partial charge in [-0.05, 0) is 55.5 Å². The molecule has 0 unspecified atom stereocenters. The number of aryl methyl sites for hydroxylation is 3. The molecule has 1 heterocycles. The van der Waals surface area contributed by atoms with Crippen LogP contribution in [0, 0.1) is 20.8 Å². The summed E-state index contributed by atoms with van der Waals surface area (Å²) in [5.74, 6) is -2.02. The highest BCUT2D eigenvalue weighted by atomic mass is 32.1. The van der Waals surface area contributed by atoms with Crippen LogP contribution in [-0.4, -0.2) is 43.9 Å². The van der Waals surface area contributed by atoms with Gasteiger partial charge in [-0.3, -0.25) is 14.4 Å². The lowest BCUT2D eigenvalue weighted by atomic mass is 10.1. The fraction of sp³-hybridized carbons (Fsp3) is 0.231. The summed E-state index contributed by atoms with van der Waals surface area (Å²) in [6.07, 6.45) is 0. The number of esters is 1. The number of carbonyl (C=O) groups is 4. The Kier molecular flexibility index (Phi) is 8.38. The van der Waals surface area contributed by atoms with E-state index in [9.17, 15) is 19.2 Å². The second-order valence-electron chi connectivity index (χ2n) is 8.03. The molecule has 0 bridgehead atoms. The number of amides is 3. The van der Waals surface area contributed by atoms with Crippen LogP contribution in [0.15, 0.2) is 53.9 Å². The molecule has 3 aromatic rings. The van der Waals surface area contributed by atoms with Gasteiger partial charge in [-0.15, -0.1) is 11.3 Å². The van der Waals surface area contributed by atoms with Gasteiger partial charge >= 0.3 is 5.97 Å². The third-order valence-corrected chi connectivity index (χ3v) is 6.10. The molecule has 0 saturated carbocycles. The average Bonchev–Trinajstić information content (AvgIpc) is 3.37. The predicted molar refractivity (Wildman–Crippen MR) is 136 cm³/mol. The van der Waals surface area contributed by atoms with E-state index >= 15 is 0 Å². The van der Waals surface area contributed by atoms with Crippen molar-refractivity contribution in [1.82, 2.24) is 5.32 Å². The van der Waals surface area contributed by atoms with Crippen LogP contribution >= 0.6 is 11.3 Å². The summed E-state index contributed by atoms with van der Waals surface area (Å²) in [5, 5.41) is 7.03. The van der Waals surface area contributed by atoms with Gasteiger partial charge in [0.25, 0.3) is 11.8 Å². The molecule has 2 N–H and O–H groups in total. The minimum absolute atomic E-state index is 0.149. The van der Waals surface area contributed by atoms with Crippen LogP contribution in [0.2, 0.25) is 0 Å². The van der Waals surface area contributed by atoms with Crippen molar-refractivity contribution < 1.29 is 23.9 Å². The number of para-hydroxylation sites is 1. The number of anilines is 2. The molecule has 2 aromatic carbocycles.